The number of hydrogen-bond donors (Lipinski definition) is 2. The van der Waals surface area contributed by atoms with Crippen LogP contribution >= 0.6 is 11.6 Å². The number of amides is 1. The Labute approximate surface area is 204 Å². The number of ether oxygens (including phenoxy) is 1. The summed E-state index contributed by atoms with van der Waals surface area (Å²) in [5, 5.41) is 7.82. The van der Waals surface area contributed by atoms with Crippen molar-refractivity contribution in [3.63, 3.8) is 0 Å². The molecule has 0 saturated carbocycles. The number of anilines is 1. The highest BCUT2D eigenvalue weighted by atomic mass is 35.5. The summed E-state index contributed by atoms with van der Waals surface area (Å²) in [6.45, 7) is 1.51. The van der Waals surface area contributed by atoms with Crippen LogP contribution in [-0.4, -0.2) is 56.9 Å². The predicted octanol–water partition coefficient (Wildman–Crippen LogP) is 3.53. The maximum Gasteiger partial charge on any atom is 0.243 e. The van der Waals surface area contributed by atoms with Gasteiger partial charge in [0.15, 0.2) is 0 Å². The number of fused-ring (bicyclic) bond motifs is 1. The predicted molar refractivity (Wildman–Crippen MR) is 133 cm³/mol. The number of benzene rings is 2. The lowest BCUT2D eigenvalue weighted by Crippen LogP contribution is -2.46. The van der Waals surface area contributed by atoms with E-state index < -0.39 is 10.0 Å². The first kappa shape index (κ1) is 24.3. The SMILES string of the molecule is COc1ccc(S(=O)(=O)N2CCCC(C(=O)NCCNc3ccnc4cc(Cl)ccc34)C2)cc1. The quantitative estimate of drug-likeness (QED) is 0.457. The zero-order chi connectivity index (χ0) is 24.1. The maximum absolute atomic E-state index is 13.0. The molecule has 1 unspecified atom stereocenters. The molecule has 180 valence electrons. The summed E-state index contributed by atoms with van der Waals surface area (Å²) < 4.78 is 32.6. The van der Waals surface area contributed by atoms with Gasteiger partial charge in [-0.05, 0) is 61.4 Å². The van der Waals surface area contributed by atoms with Crippen LogP contribution in [0, 0.1) is 5.92 Å². The number of carbonyl (C=O) groups excluding carboxylic acids is 1. The summed E-state index contributed by atoms with van der Waals surface area (Å²) in [6, 6.07) is 13.7. The minimum Gasteiger partial charge on any atom is -0.497 e. The number of halogens is 1. The van der Waals surface area contributed by atoms with Crippen molar-refractivity contribution in [3.8, 4) is 5.75 Å². The second kappa shape index (κ2) is 10.6. The van der Waals surface area contributed by atoms with Crippen molar-refractivity contribution in [2.45, 2.75) is 17.7 Å². The third kappa shape index (κ3) is 5.43. The van der Waals surface area contributed by atoms with Gasteiger partial charge in [0.05, 0.1) is 23.4 Å². The fraction of sp³-hybridized carbons (Fsp3) is 0.333. The highest BCUT2D eigenvalue weighted by molar-refractivity contribution is 7.89. The molecule has 1 amide bonds. The third-order valence-corrected chi connectivity index (χ3v) is 8.01. The van der Waals surface area contributed by atoms with E-state index in [0.29, 0.717) is 43.2 Å². The Balaban J connectivity index is 1.31. The van der Waals surface area contributed by atoms with Gasteiger partial charge in [-0.3, -0.25) is 9.78 Å². The van der Waals surface area contributed by atoms with E-state index in [1.807, 2.05) is 18.2 Å². The van der Waals surface area contributed by atoms with Crippen molar-refractivity contribution in [2.75, 3.05) is 38.6 Å². The lowest BCUT2D eigenvalue weighted by atomic mass is 9.99. The number of nitrogens with zero attached hydrogens (tertiary/aromatic N) is 2. The van der Waals surface area contributed by atoms with Gasteiger partial charge in [-0.2, -0.15) is 4.31 Å². The van der Waals surface area contributed by atoms with Gasteiger partial charge in [-0.25, -0.2) is 8.42 Å². The van der Waals surface area contributed by atoms with Crippen LogP contribution in [0.4, 0.5) is 5.69 Å². The Kier molecular flexibility index (Phi) is 7.55. The van der Waals surface area contributed by atoms with Crippen LogP contribution < -0.4 is 15.4 Å². The van der Waals surface area contributed by atoms with Gasteiger partial charge >= 0.3 is 0 Å². The van der Waals surface area contributed by atoms with Crippen LogP contribution in [0.15, 0.2) is 59.6 Å². The maximum atomic E-state index is 13.0. The molecule has 2 heterocycles. The number of sulfonamides is 1. The Morgan fingerprint density at radius 1 is 1.18 bits per heavy atom. The standard InChI is InChI=1S/C24H27ClN4O4S/c1-33-19-5-7-20(8-6-19)34(31,32)29-14-2-3-17(16-29)24(30)28-13-12-27-22-10-11-26-23-15-18(25)4-9-21(22)23/h4-11,15,17H,2-3,12-14,16H2,1H3,(H,26,27)(H,28,30). The summed E-state index contributed by atoms with van der Waals surface area (Å²) in [6.07, 6.45) is 3.00. The van der Waals surface area contributed by atoms with Gasteiger partial charge in [0.1, 0.15) is 5.75 Å². The summed E-state index contributed by atoms with van der Waals surface area (Å²) in [4.78, 5) is 17.3. The largest absolute Gasteiger partial charge is 0.497 e. The molecule has 1 aliphatic heterocycles. The lowest BCUT2D eigenvalue weighted by Gasteiger charge is -2.31. The van der Waals surface area contributed by atoms with Crippen molar-refractivity contribution in [2.24, 2.45) is 5.92 Å². The van der Waals surface area contributed by atoms with Gasteiger partial charge in [0.25, 0.3) is 0 Å². The summed E-state index contributed by atoms with van der Waals surface area (Å²) >= 11 is 6.04. The molecule has 0 aliphatic carbocycles. The van der Waals surface area contributed by atoms with E-state index in [1.165, 1.54) is 23.5 Å². The van der Waals surface area contributed by atoms with Gasteiger partial charge in [0, 0.05) is 48.5 Å². The molecule has 0 radical (unpaired) electrons. The molecule has 1 saturated heterocycles. The Morgan fingerprint density at radius 2 is 1.97 bits per heavy atom. The highest BCUT2D eigenvalue weighted by Crippen LogP contribution is 2.26. The topological polar surface area (TPSA) is 101 Å². The molecule has 1 atom stereocenters. The first-order valence-electron chi connectivity index (χ1n) is 11.1. The van der Waals surface area contributed by atoms with E-state index in [2.05, 4.69) is 15.6 Å². The van der Waals surface area contributed by atoms with Gasteiger partial charge < -0.3 is 15.4 Å². The molecule has 1 fully saturated rings. The van der Waals surface area contributed by atoms with Crippen LogP contribution in [0.2, 0.25) is 5.02 Å². The summed E-state index contributed by atoms with van der Waals surface area (Å²) in [5.74, 6) is 0.0699. The van der Waals surface area contributed by atoms with Gasteiger partial charge in [-0.15, -0.1) is 0 Å². The molecule has 10 heteroatoms. The van der Waals surface area contributed by atoms with E-state index in [-0.39, 0.29) is 23.3 Å². The monoisotopic (exact) mass is 502 g/mol. The smallest absolute Gasteiger partial charge is 0.243 e. The molecule has 2 aromatic carbocycles. The van der Waals surface area contributed by atoms with E-state index in [0.717, 1.165) is 16.6 Å². The molecule has 34 heavy (non-hydrogen) atoms. The zero-order valence-electron chi connectivity index (χ0n) is 18.8. The number of aromatic nitrogens is 1. The second-order valence-electron chi connectivity index (χ2n) is 8.12. The number of nitrogens with one attached hydrogen (secondary N) is 2. The van der Waals surface area contributed by atoms with Crippen molar-refractivity contribution in [1.82, 2.24) is 14.6 Å². The van der Waals surface area contributed by atoms with Crippen LogP contribution in [0.25, 0.3) is 10.9 Å². The molecule has 2 N–H and O–H groups in total. The average molecular weight is 503 g/mol. The summed E-state index contributed by atoms with van der Waals surface area (Å²) in [5.41, 5.74) is 1.70. The molecular weight excluding hydrogens is 476 g/mol. The molecule has 8 nitrogen and oxygen atoms in total. The molecular formula is C24H27ClN4O4S. The van der Waals surface area contributed by atoms with Crippen molar-refractivity contribution >= 4 is 44.1 Å². The van der Waals surface area contributed by atoms with Crippen molar-refractivity contribution in [3.05, 3.63) is 59.8 Å². The Bertz CT molecular complexity index is 1270. The van der Waals surface area contributed by atoms with E-state index >= 15 is 0 Å². The zero-order valence-corrected chi connectivity index (χ0v) is 20.4. The van der Waals surface area contributed by atoms with Crippen LogP contribution in [0.5, 0.6) is 5.75 Å². The minimum atomic E-state index is -3.67. The number of piperidine rings is 1. The Hall–Kier alpha value is -2.88. The molecule has 1 aromatic heterocycles. The van der Waals surface area contributed by atoms with Crippen LogP contribution in [0.3, 0.4) is 0 Å². The highest BCUT2D eigenvalue weighted by Gasteiger charge is 2.33. The molecule has 3 aromatic rings. The molecule has 0 bridgehead atoms. The molecule has 4 rings (SSSR count). The van der Waals surface area contributed by atoms with E-state index in [9.17, 15) is 13.2 Å². The molecule has 0 spiro atoms. The average Bonchev–Trinajstić information content (AvgIpc) is 2.86. The summed E-state index contributed by atoms with van der Waals surface area (Å²) in [7, 11) is -2.14. The fourth-order valence-electron chi connectivity index (χ4n) is 4.07. The number of hydrogen-bond acceptors (Lipinski definition) is 6. The number of pyridine rings is 1. The van der Waals surface area contributed by atoms with Crippen molar-refractivity contribution < 1.29 is 17.9 Å². The Morgan fingerprint density at radius 3 is 2.74 bits per heavy atom. The first-order chi connectivity index (χ1) is 16.4. The second-order valence-corrected chi connectivity index (χ2v) is 10.5. The van der Waals surface area contributed by atoms with E-state index in [4.69, 9.17) is 16.3 Å². The fourth-order valence-corrected chi connectivity index (χ4v) is 5.76. The van der Waals surface area contributed by atoms with Gasteiger partial charge in [-0.1, -0.05) is 11.6 Å². The van der Waals surface area contributed by atoms with Crippen LogP contribution in [0.1, 0.15) is 12.8 Å². The molecule has 1 aliphatic rings. The lowest BCUT2D eigenvalue weighted by molar-refractivity contribution is -0.125. The van der Waals surface area contributed by atoms with E-state index in [1.54, 1.807) is 24.4 Å². The third-order valence-electron chi connectivity index (χ3n) is 5.90. The number of rotatable bonds is 8. The first-order valence-corrected chi connectivity index (χ1v) is 12.9. The number of methoxy groups -OCH3 is 1. The van der Waals surface area contributed by atoms with Crippen molar-refractivity contribution in [1.29, 1.82) is 0 Å². The normalized spacial score (nSPS) is 16.8. The van der Waals surface area contributed by atoms with Crippen LogP contribution in [-0.2, 0) is 14.8 Å². The minimum absolute atomic E-state index is 0.136. The number of carbonyl (C=O) groups is 1. The van der Waals surface area contributed by atoms with Gasteiger partial charge in [0.2, 0.25) is 15.9 Å².